The van der Waals surface area contributed by atoms with E-state index in [1.807, 2.05) is 420 Å². The molecule has 1 radical (unpaired) electrons. The van der Waals surface area contributed by atoms with Crippen molar-refractivity contribution in [3.05, 3.63) is 564 Å². The van der Waals surface area contributed by atoms with Crippen molar-refractivity contribution >= 4 is 92.6 Å². The molecule has 0 N–H and O–H groups in total. The SMILES string of the molecule is Cc1cc(-c2[c-]cccc2)ncc1-c1ccccc1.[2H]c1c([2H])c(N(c2ccc(C)cc2)c2ccc(C)cc2)c([2H])c2c1-c1cc3c(cc1C2(C)C)-c1c([2H])c([2H])c(N(c2ccc(C)cc2)c2ccc(C)cc2)c([2H])c1C3(C)C.[2H]c1c([2H])c(N(c2ccccc2)c2ccc(/C=C/c3ccccc3)cc2)c([2H])c([2H])c1-c1c([2H])c([2H])c(N(c2ccccc2)c2ccc(/C=C/c3ccccc3)cc2)c([2H])c1[2H].[Ir].[c-]1ccccc1-c1ccccn1. The van der Waals surface area contributed by atoms with Crippen LogP contribution < -0.4 is 19.6 Å². The number of pyridine rings is 2. The van der Waals surface area contributed by atoms with E-state index >= 15 is 0 Å². The van der Waals surface area contributed by atoms with Gasteiger partial charge in [-0.25, -0.2) is 0 Å². The normalized spacial score (nSPS) is 13.4. The third-order valence-electron chi connectivity index (χ3n) is 25.1. The van der Waals surface area contributed by atoms with Crippen LogP contribution in [0.15, 0.2) is 479 Å². The fourth-order valence-electron chi connectivity index (χ4n) is 17.6. The van der Waals surface area contributed by atoms with Crippen molar-refractivity contribution in [1.29, 1.82) is 0 Å². The Kier molecular flexibility index (Phi) is 23.8. The Bertz CT molecular complexity index is 7950. The fourth-order valence-corrected chi connectivity index (χ4v) is 17.6. The van der Waals surface area contributed by atoms with E-state index in [1.165, 1.54) is 16.7 Å². The first-order valence-electron chi connectivity index (χ1n) is 53.7. The van der Waals surface area contributed by atoms with E-state index in [4.69, 9.17) is 0 Å². The summed E-state index contributed by atoms with van der Waals surface area (Å²) in [6, 6.07) is 127. The van der Waals surface area contributed by atoms with Crippen LogP contribution in [0.1, 0.15) is 119 Å². The average Bonchev–Trinajstić information content (AvgIpc) is 1.51. The standard InChI is InChI=1S/C52H48N2.C52H40N2.C18H14N.C11H8N.Ir/c1-33-9-17-37(18-10-33)53(38-19-11-34(2)12-20-38)41-25-27-43-45-31-50-46(32-49(45)51(5,6)47(43)29-41)44-28-26-42(30-48(44)52(50,7)8)54(39-21-13-35(3)14-22-39)40-23-15-36(4)16-24-40;1-5-13-41(14-6-1)21-23-43-25-33-49(34-26-43)53(47-17-9-3-10-18-47)51-37-29-45(30-38-51)46-31-39-52(40-32-46)54(48-19-11-4-12-20-48)50-35-27-44(28-36-50)24-22-42-15-7-2-8-16-42;1-14-12-18(16-10-6-3-7-11-16)19-13-17(14)15-8-4-2-5-9-15;1-2-6-10(7-3-1)11-8-4-5-9-12-11;/h9-32H,1-8H3;1-40H;2-10,12-13H,1H3;1-6,8-9H;/q;;2*-1;/b;23-21+,24-22+;;;/i25D,26D,27D,28D,29D,30D;29D,30D,31D,32D,37D,38D,39D,40D;;;. The number of hydrogen-bond acceptors (Lipinski definition) is 6. The third-order valence-corrected chi connectivity index (χ3v) is 25.1. The van der Waals surface area contributed by atoms with Crippen LogP contribution in [0.2, 0.25) is 0 Å². The largest absolute Gasteiger partial charge is 0.311 e. The van der Waals surface area contributed by atoms with Crippen LogP contribution in [-0.2, 0) is 30.9 Å². The molecule has 0 fully saturated rings. The van der Waals surface area contributed by atoms with Crippen LogP contribution in [0.25, 0.3) is 91.3 Å². The number of anilines is 12. The van der Waals surface area contributed by atoms with Gasteiger partial charge in [-0.2, -0.15) is 0 Å². The summed E-state index contributed by atoms with van der Waals surface area (Å²) in [4.78, 5) is 16.0. The first-order chi connectivity index (χ1) is 73.9. The zero-order chi connectivity index (χ0) is 107. The van der Waals surface area contributed by atoms with Gasteiger partial charge in [-0.15, -0.1) is 71.8 Å². The second-order valence-electron chi connectivity index (χ2n) is 35.6. The van der Waals surface area contributed by atoms with Gasteiger partial charge < -0.3 is 29.6 Å². The minimum absolute atomic E-state index is 0. The summed E-state index contributed by atoms with van der Waals surface area (Å²) < 4.78 is 133. The maximum absolute atomic E-state index is 9.96. The topological polar surface area (TPSA) is 38.7 Å². The number of para-hydroxylation sites is 2. The molecule has 0 spiro atoms. The summed E-state index contributed by atoms with van der Waals surface area (Å²) in [5.74, 6) is 0. The minimum atomic E-state index is -0.752. The molecular formula is C133H110IrN6-2. The molecule has 22 rings (SSSR count). The molecule has 2 aliphatic rings. The molecule has 0 saturated heterocycles. The van der Waals surface area contributed by atoms with Gasteiger partial charge in [0.15, 0.2) is 0 Å². The number of hydrogen-bond donors (Lipinski definition) is 0. The van der Waals surface area contributed by atoms with Gasteiger partial charge in [-0.1, -0.05) is 329 Å². The van der Waals surface area contributed by atoms with Crippen molar-refractivity contribution in [2.75, 3.05) is 19.6 Å². The van der Waals surface area contributed by atoms with E-state index in [1.54, 1.807) is 16.0 Å². The Morgan fingerprint density at radius 1 is 0.250 bits per heavy atom. The van der Waals surface area contributed by atoms with Crippen molar-refractivity contribution < 1.29 is 39.3 Å². The van der Waals surface area contributed by atoms with Crippen LogP contribution in [0.5, 0.6) is 0 Å². The summed E-state index contributed by atoms with van der Waals surface area (Å²) in [7, 11) is 0. The molecule has 18 aromatic carbocycles. The van der Waals surface area contributed by atoms with E-state index in [0.717, 1.165) is 112 Å². The number of rotatable bonds is 20. The molecule has 2 heterocycles. The molecule has 0 saturated carbocycles. The van der Waals surface area contributed by atoms with Gasteiger partial charge >= 0.3 is 0 Å². The zero-order valence-electron chi connectivity index (χ0n) is 93.4. The molecule has 7 heteroatoms. The van der Waals surface area contributed by atoms with Gasteiger partial charge in [0.1, 0.15) is 0 Å². The van der Waals surface area contributed by atoms with E-state index in [2.05, 4.69) is 87.1 Å². The maximum atomic E-state index is 9.96. The summed E-state index contributed by atoms with van der Waals surface area (Å²) in [5.41, 5.74) is 26.1. The summed E-state index contributed by atoms with van der Waals surface area (Å²) in [6.07, 6.45) is 11.7. The van der Waals surface area contributed by atoms with E-state index in [-0.39, 0.29) is 78.9 Å². The van der Waals surface area contributed by atoms with Gasteiger partial charge in [0, 0.05) is 117 Å². The number of benzene rings is 18. The second-order valence-corrected chi connectivity index (χ2v) is 35.6. The summed E-state index contributed by atoms with van der Waals surface area (Å²) in [5, 5.41) is 0. The molecule has 0 aliphatic heterocycles. The molecule has 6 nitrogen and oxygen atoms in total. The van der Waals surface area contributed by atoms with Crippen molar-refractivity contribution in [3.8, 4) is 67.0 Å². The molecule has 20 aromatic rings. The fraction of sp³-hybridized carbons (Fsp3) is 0.0827. The van der Waals surface area contributed by atoms with Crippen molar-refractivity contribution in [2.24, 2.45) is 0 Å². The molecular weight excluding hydrogens is 1870 g/mol. The van der Waals surface area contributed by atoms with Crippen molar-refractivity contribution in [3.63, 3.8) is 0 Å². The van der Waals surface area contributed by atoms with E-state index in [0.29, 0.717) is 56.4 Å². The molecule has 0 atom stereocenters. The molecule has 0 amide bonds. The monoisotopic (exact) mass is 2000 g/mol. The van der Waals surface area contributed by atoms with Gasteiger partial charge in [0.25, 0.3) is 0 Å². The van der Waals surface area contributed by atoms with Crippen LogP contribution in [-0.4, -0.2) is 9.97 Å². The van der Waals surface area contributed by atoms with Crippen molar-refractivity contribution in [1.82, 2.24) is 9.97 Å². The van der Waals surface area contributed by atoms with Crippen LogP contribution >= 0.6 is 0 Å². The molecule has 0 bridgehead atoms. The smallest absolute Gasteiger partial charge is 0.0648 e. The zero-order valence-corrected chi connectivity index (χ0v) is 81.7. The average molecular weight is 2000 g/mol. The number of aromatic nitrogens is 2. The molecule has 2 aliphatic carbocycles. The molecule has 0 unspecified atom stereocenters. The van der Waals surface area contributed by atoms with E-state index < -0.39 is 59.2 Å². The first-order valence-corrected chi connectivity index (χ1v) is 46.7. The Balaban J connectivity index is 0.000000155. The third kappa shape index (κ3) is 21.2. The molecule has 683 valence electrons. The van der Waals surface area contributed by atoms with Crippen LogP contribution in [0.4, 0.5) is 68.2 Å². The van der Waals surface area contributed by atoms with Crippen molar-refractivity contribution in [2.45, 2.75) is 73.1 Å². The maximum Gasteiger partial charge on any atom is 0.0648 e. The van der Waals surface area contributed by atoms with Gasteiger partial charge in [-0.05, 0) is 299 Å². The van der Waals surface area contributed by atoms with Crippen LogP contribution in [0, 0.1) is 46.8 Å². The quantitative estimate of drug-likeness (QED) is 0.0559. The van der Waals surface area contributed by atoms with Gasteiger partial charge in [0.05, 0.1) is 19.2 Å². The predicted octanol–water partition coefficient (Wildman–Crippen LogP) is 36.2. The predicted molar refractivity (Wildman–Crippen MR) is 589 cm³/mol. The first kappa shape index (κ1) is 77.7. The summed E-state index contributed by atoms with van der Waals surface area (Å²) in [6.45, 7) is 18.6. The summed E-state index contributed by atoms with van der Waals surface area (Å²) >= 11 is 0. The molecule has 2 aromatic heterocycles. The second kappa shape index (κ2) is 42.9. The Morgan fingerprint density at radius 3 is 0.900 bits per heavy atom. The number of nitrogens with zero attached hydrogens (tertiary/aromatic N) is 6. The Hall–Kier alpha value is -16.4. The number of fused-ring (bicyclic) bond motifs is 6. The van der Waals surface area contributed by atoms with Crippen LogP contribution in [0.3, 0.4) is 0 Å². The minimum Gasteiger partial charge on any atom is -0.311 e. The van der Waals surface area contributed by atoms with Gasteiger partial charge in [-0.3, -0.25) is 0 Å². The van der Waals surface area contributed by atoms with E-state index in [9.17, 15) is 19.2 Å². The van der Waals surface area contributed by atoms with Gasteiger partial charge in [0.2, 0.25) is 0 Å². The number of aryl methyl sites for hydroxylation is 5. The molecule has 140 heavy (non-hydrogen) atoms. The Labute approximate surface area is 859 Å². The Morgan fingerprint density at radius 2 is 0.557 bits per heavy atom.